The predicted molar refractivity (Wildman–Crippen MR) is 124 cm³/mol. The summed E-state index contributed by atoms with van der Waals surface area (Å²) < 4.78 is 52.5. The number of carbonyl (C=O) groups is 2. The first-order valence-electron chi connectivity index (χ1n) is 9.78. The molecule has 0 saturated carbocycles. The highest BCUT2D eigenvalue weighted by Gasteiger charge is 2.31. The van der Waals surface area contributed by atoms with Crippen molar-refractivity contribution in [3.05, 3.63) is 106 Å². The smallest absolute Gasteiger partial charge is 0.430 e. The van der Waals surface area contributed by atoms with Gasteiger partial charge in [-0.2, -0.15) is 13.2 Å². The van der Waals surface area contributed by atoms with Gasteiger partial charge in [-0.3, -0.25) is 4.79 Å². The van der Waals surface area contributed by atoms with Gasteiger partial charge in [-0.1, -0.05) is 35.9 Å². The maximum atomic E-state index is 13.4. The van der Waals surface area contributed by atoms with Crippen LogP contribution in [0, 0.1) is 5.82 Å². The first-order valence-corrected chi connectivity index (χ1v) is 10.2. The van der Waals surface area contributed by atoms with Gasteiger partial charge in [-0.05, 0) is 48.5 Å². The summed E-state index contributed by atoms with van der Waals surface area (Å²) in [4.78, 5) is 28.1. The van der Waals surface area contributed by atoms with Gasteiger partial charge in [-0.25, -0.2) is 14.2 Å². The zero-order valence-electron chi connectivity index (χ0n) is 17.6. The number of anilines is 1. The highest BCUT2D eigenvalue weighted by molar-refractivity contribution is 6.33. The van der Waals surface area contributed by atoms with Crippen molar-refractivity contribution in [2.24, 2.45) is 10.7 Å². The van der Waals surface area contributed by atoms with E-state index in [0.717, 1.165) is 18.2 Å². The lowest BCUT2D eigenvalue weighted by molar-refractivity contribution is -0.0925. The number of halogens is 5. The van der Waals surface area contributed by atoms with E-state index >= 15 is 0 Å². The van der Waals surface area contributed by atoms with E-state index in [-0.39, 0.29) is 33.2 Å². The minimum Gasteiger partial charge on any atom is -0.478 e. The molecule has 11 heteroatoms. The molecule has 3 aromatic rings. The van der Waals surface area contributed by atoms with Crippen LogP contribution < -0.4 is 11.1 Å². The lowest BCUT2D eigenvalue weighted by Crippen LogP contribution is -2.21. The number of aliphatic imine (C=N–C) groups is 1. The Labute approximate surface area is 201 Å². The van der Waals surface area contributed by atoms with Crippen LogP contribution in [0.15, 0.2) is 83.5 Å². The Kier molecular flexibility index (Phi) is 7.55. The number of carboxylic acids is 1. The zero-order chi connectivity index (χ0) is 25.8. The summed E-state index contributed by atoms with van der Waals surface area (Å²) in [6.45, 7) is 0. The van der Waals surface area contributed by atoms with Crippen LogP contribution in [0.25, 0.3) is 0 Å². The van der Waals surface area contributed by atoms with Crippen LogP contribution in [0.1, 0.15) is 26.3 Å². The molecule has 0 bridgehead atoms. The molecule has 0 aliphatic heterocycles. The number of nitrogens with one attached hydrogen (secondary N) is 1. The SMILES string of the molecule is N/C(=C\C(=Nc1ccccc1Cl)c1ccc(C(=O)Nc2ccc(F)cc2C(=O)O)cc1)C(F)(F)F. The van der Waals surface area contributed by atoms with E-state index in [1.165, 1.54) is 36.4 Å². The average Bonchev–Trinajstić information content (AvgIpc) is 2.80. The summed E-state index contributed by atoms with van der Waals surface area (Å²) >= 11 is 6.07. The van der Waals surface area contributed by atoms with Crippen molar-refractivity contribution in [3.63, 3.8) is 0 Å². The minimum absolute atomic E-state index is 0.0549. The Morgan fingerprint density at radius 1 is 1.00 bits per heavy atom. The van der Waals surface area contributed by atoms with E-state index in [1.807, 2.05) is 0 Å². The lowest BCUT2D eigenvalue weighted by Gasteiger charge is -2.11. The normalized spacial score (nSPS) is 12.4. The van der Waals surface area contributed by atoms with Crippen molar-refractivity contribution in [2.45, 2.75) is 6.18 Å². The second-order valence-corrected chi connectivity index (χ2v) is 7.48. The van der Waals surface area contributed by atoms with Crippen LogP contribution in [0.5, 0.6) is 0 Å². The fraction of sp³-hybridized carbons (Fsp3) is 0.0417. The second-order valence-electron chi connectivity index (χ2n) is 7.07. The molecule has 0 spiro atoms. The third-order valence-corrected chi connectivity index (χ3v) is 4.94. The Hall–Kier alpha value is -4.18. The lowest BCUT2D eigenvalue weighted by atomic mass is 10.1. The molecule has 4 N–H and O–H groups in total. The van der Waals surface area contributed by atoms with Crippen LogP contribution in [-0.2, 0) is 0 Å². The number of carbonyl (C=O) groups excluding carboxylic acids is 1. The van der Waals surface area contributed by atoms with E-state index in [9.17, 15) is 32.3 Å². The van der Waals surface area contributed by atoms with Crippen LogP contribution in [-0.4, -0.2) is 28.9 Å². The zero-order valence-corrected chi connectivity index (χ0v) is 18.4. The molecule has 0 aliphatic carbocycles. The summed E-state index contributed by atoms with van der Waals surface area (Å²) in [5, 5.41) is 11.8. The molecule has 0 aromatic heterocycles. The third-order valence-electron chi connectivity index (χ3n) is 4.62. The topological polar surface area (TPSA) is 105 Å². The molecule has 3 aromatic carbocycles. The number of allylic oxidation sites excluding steroid dienone is 2. The first kappa shape index (κ1) is 25.4. The number of alkyl halides is 3. The monoisotopic (exact) mass is 505 g/mol. The summed E-state index contributed by atoms with van der Waals surface area (Å²) in [6, 6.07) is 14.4. The first-order chi connectivity index (χ1) is 16.5. The molecule has 6 nitrogen and oxygen atoms in total. The molecule has 0 aliphatic rings. The van der Waals surface area contributed by atoms with Crippen molar-refractivity contribution in [3.8, 4) is 0 Å². The van der Waals surface area contributed by atoms with Gasteiger partial charge in [0.15, 0.2) is 0 Å². The maximum absolute atomic E-state index is 13.4. The van der Waals surface area contributed by atoms with Crippen molar-refractivity contribution in [2.75, 3.05) is 5.32 Å². The average molecular weight is 506 g/mol. The van der Waals surface area contributed by atoms with Crippen molar-refractivity contribution < 1.29 is 32.3 Å². The van der Waals surface area contributed by atoms with Gasteiger partial charge in [0.2, 0.25) is 0 Å². The van der Waals surface area contributed by atoms with Crippen molar-refractivity contribution in [1.29, 1.82) is 0 Å². The Bertz CT molecular complexity index is 1340. The molecule has 180 valence electrons. The Morgan fingerprint density at radius 2 is 1.63 bits per heavy atom. The minimum atomic E-state index is -4.79. The molecule has 1 amide bonds. The van der Waals surface area contributed by atoms with Gasteiger partial charge in [-0.15, -0.1) is 0 Å². The summed E-state index contributed by atoms with van der Waals surface area (Å²) in [5.41, 5.74) is 3.51. The summed E-state index contributed by atoms with van der Waals surface area (Å²) in [5.74, 6) is -2.95. The number of carboxylic acid groups (broad SMARTS) is 1. The summed E-state index contributed by atoms with van der Waals surface area (Å²) in [7, 11) is 0. The van der Waals surface area contributed by atoms with E-state index in [4.69, 9.17) is 17.3 Å². The third kappa shape index (κ3) is 6.45. The number of nitrogens with two attached hydrogens (primary N) is 1. The standard InChI is InChI=1S/C24H16ClF4N3O3/c25-17-3-1-2-4-19(17)31-20(12-21(30)24(27,28)29)13-5-7-14(8-6-13)22(33)32-18-10-9-15(26)11-16(18)23(34)35/h1-12H,30H2,(H,32,33)(H,34,35)/b21-12-,31-20?. The van der Waals surface area contributed by atoms with Gasteiger partial charge in [0.05, 0.1) is 27.7 Å². The van der Waals surface area contributed by atoms with Crippen molar-refractivity contribution >= 4 is 40.6 Å². The highest BCUT2D eigenvalue weighted by Crippen LogP contribution is 2.27. The van der Waals surface area contributed by atoms with Crippen LogP contribution in [0.2, 0.25) is 5.02 Å². The molecule has 0 unspecified atom stereocenters. The van der Waals surface area contributed by atoms with Gasteiger partial charge in [0.25, 0.3) is 5.91 Å². The van der Waals surface area contributed by atoms with E-state index < -0.39 is 35.1 Å². The van der Waals surface area contributed by atoms with E-state index in [2.05, 4.69) is 10.3 Å². The Balaban J connectivity index is 1.95. The molecule has 0 heterocycles. The van der Waals surface area contributed by atoms with Gasteiger partial charge in [0, 0.05) is 11.1 Å². The number of rotatable bonds is 6. The number of amides is 1. The van der Waals surface area contributed by atoms with Crippen molar-refractivity contribution in [1.82, 2.24) is 0 Å². The highest BCUT2D eigenvalue weighted by atomic mass is 35.5. The summed E-state index contributed by atoms with van der Waals surface area (Å²) in [6.07, 6.45) is -4.14. The number of aromatic carboxylic acids is 1. The maximum Gasteiger partial charge on any atom is 0.430 e. The number of hydrogen-bond donors (Lipinski definition) is 3. The van der Waals surface area contributed by atoms with Crippen LogP contribution in [0.4, 0.5) is 28.9 Å². The number of nitrogens with zero attached hydrogens (tertiary/aromatic N) is 1. The van der Waals surface area contributed by atoms with Gasteiger partial charge < -0.3 is 16.2 Å². The largest absolute Gasteiger partial charge is 0.478 e. The van der Waals surface area contributed by atoms with Gasteiger partial charge in [0.1, 0.15) is 11.5 Å². The second kappa shape index (κ2) is 10.4. The number of hydrogen-bond acceptors (Lipinski definition) is 4. The van der Waals surface area contributed by atoms with Crippen LogP contribution >= 0.6 is 11.6 Å². The fourth-order valence-electron chi connectivity index (χ4n) is 2.87. The molecule has 3 rings (SSSR count). The molecular formula is C24H16ClF4N3O3. The number of benzene rings is 3. The van der Waals surface area contributed by atoms with Gasteiger partial charge >= 0.3 is 12.1 Å². The predicted octanol–water partition coefficient (Wildman–Crippen LogP) is 5.96. The molecular weight excluding hydrogens is 490 g/mol. The number of para-hydroxylation sites is 1. The fourth-order valence-corrected chi connectivity index (χ4v) is 3.05. The Morgan fingerprint density at radius 3 is 2.23 bits per heavy atom. The van der Waals surface area contributed by atoms with E-state index in [0.29, 0.717) is 6.08 Å². The van der Waals surface area contributed by atoms with Crippen LogP contribution in [0.3, 0.4) is 0 Å². The molecule has 0 saturated heterocycles. The molecule has 0 radical (unpaired) electrons. The van der Waals surface area contributed by atoms with E-state index in [1.54, 1.807) is 12.1 Å². The molecule has 0 fully saturated rings. The molecule has 0 atom stereocenters. The quantitative estimate of drug-likeness (QED) is 0.284. The molecule has 35 heavy (non-hydrogen) atoms.